The van der Waals surface area contributed by atoms with Crippen molar-refractivity contribution in [2.45, 2.75) is 0 Å². The van der Waals surface area contributed by atoms with E-state index < -0.39 is 5.97 Å². The first-order valence-corrected chi connectivity index (χ1v) is 8.08. The highest BCUT2D eigenvalue weighted by atomic mass is 16.7. The molecule has 2 aromatic carbocycles. The van der Waals surface area contributed by atoms with Gasteiger partial charge in [-0.25, -0.2) is 4.79 Å². The van der Waals surface area contributed by atoms with Crippen molar-refractivity contribution >= 4 is 18.1 Å². The largest absolute Gasteiger partial charge is 0.497 e. The van der Waals surface area contributed by atoms with Gasteiger partial charge in [0.05, 0.1) is 7.11 Å². The molecule has 0 saturated heterocycles. The molecule has 26 heavy (non-hydrogen) atoms. The Kier molecular flexibility index (Phi) is 7.96. The smallest absolute Gasteiger partial charge is 0.331 e. The number of methoxy groups -OCH3 is 2. The summed E-state index contributed by atoms with van der Waals surface area (Å²) in [7, 11) is 3.19. The van der Waals surface area contributed by atoms with Gasteiger partial charge in [-0.15, -0.1) is 0 Å². The van der Waals surface area contributed by atoms with Gasteiger partial charge in [0.15, 0.2) is 6.79 Å². The fourth-order valence-electron chi connectivity index (χ4n) is 2.04. The third-order valence-electron chi connectivity index (χ3n) is 3.38. The molecular weight excluding hydrogens is 332 g/mol. The summed E-state index contributed by atoms with van der Waals surface area (Å²) in [5.41, 5.74) is 1.88. The zero-order valence-corrected chi connectivity index (χ0v) is 14.9. The quantitative estimate of drug-likeness (QED) is 0.388. The highest BCUT2D eigenvalue weighted by Gasteiger charge is 1.97. The summed E-state index contributed by atoms with van der Waals surface area (Å²) in [6, 6.07) is 14.9. The molecule has 0 bridgehead atoms. The number of carbonyl (C=O) groups excluding carboxylic acids is 1. The van der Waals surface area contributed by atoms with Crippen molar-refractivity contribution < 1.29 is 23.7 Å². The average molecular weight is 354 g/mol. The maximum atomic E-state index is 11.7. The number of carbonyl (C=O) groups is 1. The van der Waals surface area contributed by atoms with Crippen molar-refractivity contribution in [3.8, 4) is 11.5 Å². The molecular formula is C21H22O5. The molecule has 136 valence electrons. The van der Waals surface area contributed by atoms with Gasteiger partial charge in [0.2, 0.25) is 0 Å². The molecule has 0 spiro atoms. The van der Waals surface area contributed by atoms with Crippen LogP contribution in [0, 0.1) is 0 Å². The van der Waals surface area contributed by atoms with Crippen LogP contribution in [0.15, 0.2) is 60.7 Å². The number of hydrogen-bond acceptors (Lipinski definition) is 5. The van der Waals surface area contributed by atoms with Crippen LogP contribution >= 0.6 is 0 Å². The minimum absolute atomic E-state index is 0.200. The van der Waals surface area contributed by atoms with E-state index in [0.29, 0.717) is 5.75 Å². The molecule has 0 heterocycles. The van der Waals surface area contributed by atoms with E-state index in [4.69, 9.17) is 18.9 Å². The van der Waals surface area contributed by atoms with Crippen molar-refractivity contribution in [3.05, 3.63) is 71.8 Å². The van der Waals surface area contributed by atoms with Crippen LogP contribution < -0.4 is 9.47 Å². The maximum Gasteiger partial charge on any atom is 0.331 e. The number of esters is 1. The van der Waals surface area contributed by atoms with Gasteiger partial charge in [-0.1, -0.05) is 30.3 Å². The number of benzene rings is 2. The van der Waals surface area contributed by atoms with Crippen molar-refractivity contribution in [2.75, 3.05) is 27.6 Å². The zero-order valence-electron chi connectivity index (χ0n) is 14.9. The number of rotatable bonds is 9. The summed E-state index contributed by atoms with van der Waals surface area (Å²) in [6.07, 6.45) is 6.76. The van der Waals surface area contributed by atoms with Crippen LogP contribution in [0.4, 0.5) is 0 Å². The molecule has 0 aliphatic heterocycles. The van der Waals surface area contributed by atoms with Gasteiger partial charge < -0.3 is 18.9 Å². The van der Waals surface area contributed by atoms with Crippen molar-refractivity contribution in [2.24, 2.45) is 0 Å². The molecule has 5 heteroatoms. The molecule has 0 radical (unpaired) electrons. The SMILES string of the molecule is COCOc1ccc(/C=C/C(=O)OC/C=C/c2ccc(OC)cc2)cc1. The Morgan fingerprint density at radius 3 is 2.12 bits per heavy atom. The Morgan fingerprint density at radius 1 is 0.885 bits per heavy atom. The minimum atomic E-state index is -0.399. The predicted molar refractivity (Wildman–Crippen MR) is 101 cm³/mol. The van der Waals surface area contributed by atoms with E-state index in [-0.39, 0.29) is 13.4 Å². The van der Waals surface area contributed by atoms with Crippen LogP contribution in [0.25, 0.3) is 12.2 Å². The molecule has 0 aromatic heterocycles. The van der Waals surface area contributed by atoms with Crippen LogP contribution in [-0.2, 0) is 14.3 Å². The van der Waals surface area contributed by atoms with Gasteiger partial charge >= 0.3 is 5.97 Å². The van der Waals surface area contributed by atoms with Crippen LogP contribution in [0.2, 0.25) is 0 Å². The molecule has 0 atom stereocenters. The highest BCUT2D eigenvalue weighted by molar-refractivity contribution is 5.87. The summed E-state index contributed by atoms with van der Waals surface area (Å²) in [6.45, 7) is 0.407. The predicted octanol–water partition coefficient (Wildman–Crippen LogP) is 3.95. The lowest BCUT2D eigenvalue weighted by Gasteiger charge is -2.04. The second kappa shape index (κ2) is 10.7. The first-order valence-electron chi connectivity index (χ1n) is 8.08. The summed E-state index contributed by atoms with van der Waals surface area (Å²) in [5.74, 6) is 1.11. The van der Waals surface area contributed by atoms with Crippen LogP contribution in [-0.4, -0.2) is 33.6 Å². The lowest BCUT2D eigenvalue weighted by atomic mass is 10.2. The van der Waals surface area contributed by atoms with Crippen LogP contribution in [0.3, 0.4) is 0 Å². The first kappa shape index (κ1) is 19.3. The summed E-state index contributed by atoms with van der Waals surface area (Å²) in [4.78, 5) is 11.7. The van der Waals surface area contributed by atoms with Crippen LogP contribution in [0.1, 0.15) is 11.1 Å². The van der Waals surface area contributed by atoms with Gasteiger partial charge in [-0.2, -0.15) is 0 Å². The average Bonchev–Trinajstić information content (AvgIpc) is 2.69. The third-order valence-corrected chi connectivity index (χ3v) is 3.38. The minimum Gasteiger partial charge on any atom is -0.497 e. The summed E-state index contributed by atoms with van der Waals surface area (Å²) in [5, 5.41) is 0. The Morgan fingerprint density at radius 2 is 1.50 bits per heavy atom. The van der Waals surface area contributed by atoms with E-state index in [2.05, 4.69) is 0 Å². The monoisotopic (exact) mass is 354 g/mol. The van der Waals surface area contributed by atoms with E-state index in [0.717, 1.165) is 16.9 Å². The number of hydrogen-bond donors (Lipinski definition) is 0. The highest BCUT2D eigenvalue weighted by Crippen LogP contribution is 2.13. The Hall–Kier alpha value is -3.05. The standard InChI is InChI=1S/C21H22O5/c1-23-16-26-20-12-7-18(8-13-20)9-14-21(22)25-15-3-4-17-5-10-19(24-2)11-6-17/h3-14H,15-16H2,1-2H3/b4-3+,14-9+. The molecule has 0 unspecified atom stereocenters. The van der Waals surface area contributed by atoms with E-state index in [1.807, 2.05) is 54.6 Å². The normalized spacial score (nSPS) is 11.0. The molecule has 2 rings (SSSR count). The Labute approximate surface area is 153 Å². The van der Waals surface area contributed by atoms with Gasteiger partial charge in [0.25, 0.3) is 0 Å². The van der Waals surface area contributed by atoms with E-state index in [1.165, 1.54) is 6.08 Å². The summed E-state index contributed by atoms with van der Waals surface area (Å²) < 4.78 is 20.4. The Balaban J connectivity index is 1.75. The maximum absolute atomic E-state index is 11.7. The Bertz CT molecular complexity index is 730. The first-order chi connectivity index (χ1) is 12.7. The van der Waals surface area contributed by atoms with E-state index in [1.54, 1.807) is 26.4 Å². The molecule has 0 N–H and O–H groups in total. The topological polar surface area (TPSA) is 54.0 Å². The van der Waals surface area contributed by atoms with E-state index >= 15 is 0 Å². The second-order valence-corrected chi connectivity index (χ2v) is 5.26. The van der Waals surface area contributed by atoms with Crippen molar-refractivity contribution in [1.82, 2.24) is 0 Å². The molecule has 2 aromatic rings. The fourth-order valence-corrected chi connectivity index (χ4v) is 2.04. The summed E-state index contributed by atoms with van der Waals surface area (Å²) >= 11 is 0. The molecule has 0 fully saturated rings. The lowest BCUT2D eigenvalue weighted by Crippen LogP contribution is -2.00. The second-order valence-electron chi connectivity index (χ2n) is 5.26. The van der Waals surface area contributed by atoms with Gasteiger partial charge in [-0.3, -0.25) is 0 Å². The fraction of sp³-hybridized carbons (Fsp3) is 0.190. The van der Waals surface area contributed by atoms with Gasteiger partial charge in [0.1, 0.15) is 18.1 Å². The third kappa shape index (κ3) is 6.83. The molecule has 0 amide bonds. The number of ether oxygens (including phenoxy) is 4. The molecule has 5 nitrogen and oxygen atoms in total. The van der Waals surface area contributed by atoms with Crippen molar-refractivity contribution in [1.29, 1.82) is 0 Å². The van der Waals surface area contributed by atoms with Gasteiger partial charge in [0, 0.05) is 13.2 Å². The van der Waals surface area contributed by atoms with Crippen LogP contribution in [0.5, 0.6) is 11.5 Å². The van der Waals surface area contributed by atoms with Gasteiger partial charge in [-0.05, 0) is 47.5 Å². The van der Waals surface area contributed by atoms with E-state index in [9.17, 15) is 4.79 Å². The molecule has 0 aliphatic carbocycles. The lowest BCUT2D eigenvalue weighted by molar-refractivity contribution is -0.136. The zero-order chi connectivity index (χ0) is 18.6. The molecule has 0 saturated carbocycles. The molecule has 0 aliphatic rings. The van der Waals surface area contributed by atoms with Crippen molar-refractivity contribution in [3.63, 3.8) is 0 Å².